The van der Waals surface area contributed by atoms with E-state index in [2.05, 4.69) is 26.3 Å². The molecule has 0 saturated carbocycles. The third-order valence-electron chi connectivity index (χ3n) is 3.02. The maximum Gasteiger partial charge on any atom is 0.278 e. The lowest BCUT2D eigenvalue weighted by molar-refractivity contribution is 0.102. The van der Waals surface area contributed by atoms with E-state index in [0.29, 0.717) is 12.2 Å². The first-order valence-corrected chi connectivity index (χ1v) is 7.12. The number of nitrogens with two attached hydrogens (primary N) is 1. The fourth-order valence-corrected chi connectivity index (χ4v) is 2.21. The molecule has 0 fully saturated rings. The van der Waals surface area contributed by atoms with Gasteiger partial charge in [0, 0.05) is 22.9 Å². The topological polar surface area (TPSA) is 72.9 Å². The number of nitrogens with zero attached hydrogens (tertiary/aromatic N) is 2. The molecule has 2 rings (SSSR count). The fourth-order valence-electron chi connectivity index (χ4n) is 1.98. The lowest BCUT2D eigenvalue weighted by Crippen LogP contribution is -2.15. The Morgan fingerprint density at radius 3 is 2.50 bits per heavy atom. The number of aryl methyl sites for hydroxylation is 3. The highest BCUT2D eigenvalue weighted by atomic mass is 79.9. The van der Waals surface area contributed by atoms with Gasteiger partial charge in [0.2, 0.25) is 0 Å². The summed E-state index contributed by atoms with van der Waals surface area (Å²) in [4.78, 5) is 12.2. The van der Waals surface area contributed by atoms with Crippen LogP contribution in [0.1, 0.15) is 28.5 Å². The van der Waals surface area contributed by atoms with Gasteiger partial charge in [-0.25, -0.2) is 0 Å². The lowest BCUT2D eigenvalue weighted by atomic mass is 10.1. The Kier molecular flexibility index (Phi) is 4.13. The molecule has 0 atom stereocenters. The minimum Gasteiger partial charge on any atom is -0.396 e. The van der Waals surface area contributed by atoms with Crippen LogP contribution in [0.15, 0.2) is 22.8 Å². The molecule has 0 radical (unpaired) electrons. The molecule has 1 aromatic heterocycles. The van der Waals surface area contributed by atoms with E-state index in [1.54, 1.807) is 10.9 Å². The third kappa shape index (κ3) is 2.85. The molecule has 0 aliphatic rings. The molecule has 0 saturated heterocycles. The van der Waals surface area contributed by atoms with E-state index >= 15 is 0 Å². The number of carbonyl (C=O) groups excluding carboxylic acids is 1. The summed E-state index contributed by atoms with van der Waals surface area (Å²) in [6.45, 7) is 6.57. The zero-order valence-corrected chi connectivity index (χ0v) is 13.3. The average Bonchev–Trinajstić information content (AvgIpc) is 2.77. The van der Waals surface area contributed by atoms with Crippen molar-refractivity contribution in [1.82, 2.24) is 9.78 Å². The van der Waals surface area contributed by atoms with Gasteiger partial charge in [-0.1, -0.05) is 15.9 Å². The van der Waals surface area contributed by atoms with Gasteiger partial charge in [0.25, 0.3) is 5.91 Å². The van der Waals surface area contributed by atoms with E-state index < -0.39 is 0 Å². The Balaban J connectivity index is 2.25. The van der Waals surface area contributed by atoms with Crippen LogP contribution in [0, 0.1) is 13.8 Å². The van der Waals surface area contributed by atoms with Gasteiger partial charge in [-0.15, -0.1) is 0 Å². The second kappa shape index (κ2) is 5.66. The summed E-state index contributed by atoms with van der Waals surface area (Å²) in [7, 11) is 0. The first-order valence-electron chi connectivity index (χ1n) is 6.33. The lowest BCUT2D eigenvalue weighted by Gasteiger charge is -2.09. The van der Waals surface area contributed by atoms with Crippen molar-refractivity contribution in [2.45, 2.75) is 27.3 Å². The number of carbonyl (C=O) groups is 1. The molecule has 0 bridgehead atoms. The van der Waals surface area contributed by atoms with E-state index in [1.165, 1.54) is 0 Å². The van der Waals surface area contributed by atoms with E-state index in [9.17, 15) is 4.79 Å². The standard InChI is InChI=1S/C14H17BrN4O/c1-4-19-7-11(16)13(18-19)14(20)17-10-5-8(2)12(15)9(3)6-10/h5-7H,4,16H2,1-3H3,(H,17,20). The van der Waals surface area contributed by atoms with Crippen molar-refractivity contribution in [3.8, 4) is 0 Å². The molecule has 20 heavy (non-hydrogen) atoms. The molecule has 0 aliphatic heterocycles. The quantitative estimate of drug-likeness (QED) is 0.904. The van der Waals surface area contributed by atoms with Crippen LogP contribution in [0.3, 0.4) is 0 Å². The van der Waals surface area contributed by atoms with Crippen molar-refractivity contribution >= 4 is 33.2 Å². The van der Waals surface area contributed by atoms with Gasteiger partial charge in [0.1, 0.15) is 0 Å². The number of hydrogen-bond acceptors (Lipinski definition) is 3. The predicted octanol–water partition coefficient (Wildman–Crippen LogP) is 3.12. The second-order valence-electron chi connectivity index (χ2n) is 4.67. The van der Waals surface area contributed by atoms with Crippen molar-refractivity contribution < 1.29 is 4.79 Å². The summed E-state index contributed by atoms with van der Waals surface area (Å²) in [6, 6.07) is 3.81. The molecular formula is C14H17BrN4O. The normalized spacial score (nSPS) is 10.6. The molecule has 0 unspecified atom stereocenters. The summed E-state index contributed by atoms with van der Waals surface area (Å²) in [5.74, 6) is -0.296. The molecule has 6 heteroatoms. The van der Waals surface area contributed by atoms with Crippen LogP contribution in [0.25, 0.3) is 0 Å². The number of hydrogen-bond donors (Lipinski definition) is 2. The van der Waals surface area contributed by atoms with Crippen LogP contribution in [-0.4, -0.2) is 15.7 Å². The molecule has 1 amide bonds. The van der Waals surface area contributed by atoms with Gasteiger partial charge in [-0.05, 0) is 44.0 Å². The van der Waals surface area contributed by atoms with Crippen LogP contribution in [0.4, 0.5) is 11.4 Å². The van der Waals surface area contributed by atoms with Crippen LogP contribution in [0.2, 0.25) is 0 Å². The average molecular weight is 337 g/mol. The van der Waals surface area contributed by atoms with Crippen LogP contribution >= 0.6 is 15.9 Å². The van der Waals surface area contributed by atoms with Gasteiger partial charge in [-0.3, -0.25) is 9.48 Å². The van der Waals surface area contributed by atoms with Crippen molar-refractivity contribution in [1.29, 1.82) is 0 Å². The predicted molar refractivity (Wildman–Crippen MR) is 83.9 cm³/mol. The summed E-state index contributed by atoms with van der Waals surface area (Å²) >= 11 is 3.50. The molecular weight excluding hydrogens is 320 g/mol. The maximum absolute atomic E-state index is 12.2. The Bertz CT molecular complexity index is 640. The van der Waals surface area contributed by atoms with E-state index in [0.717, 1.165) is 21.3 Å². The minimum atomic E-state index is -0.296. The highest BCUT2D eigenvalue weighted by Crippen LogP contribution is 2.25. The molecule has 5 nitrogen and oxygen atoms in total. The van der Waals surface area contributed by atoms with Crippen LogP contribution < -0.4 is 11.1 Å². The fraction of sp³-hybridized carbons (Fsp3) is 0.286. The van der Waals surface area contributed by atoms with Gasteiger partial charge in [-0.2, -0.15) is 5.10 Å². The largest absolute Gasteiger partial charge is 0.396 e. The van der Waals surface area contributed by atoms with Crippen LogP contribution in [-0.2, 0) is 6.54 Å². The number of aromatic nitrogens is 2. The Morgan fingerprint density at radius 2 is 2.00 bits per heavy atom. The molecule has 1 aromatic carbocycles. The van der Waals surface area contributed by atoms with E-state index in [1.807, 2.05) is 32.9 Å². The zero-order valence-electron chi connectivity index (χ0n) is 11.7. The number of halogens is 1. The van der Waals surface area contributed by atoms with Gasteiger partial charge < -0.3 is 11.1 Å². The monoisotopic (exact) mass is 336 g/mol. The van der Waals surface area contributed by atoms with Crippen molar-refractivity contribution in [3.05, 3.63) is 39.6 Å². The Morgan fingerprint density at radius 1 is 1.40 bits per heavy atom. The number of nitrogen functional groups attached to an aromatic ring is 1. The summed E-state index contributed by atoms with van der Waals surface area (Å²) in [6.07, 6.45) is 1.66. The highest BCUT2D eigenvalue weighted by molar-refractivity contribution is 9.10. The first kappa shape index (κ1) is 14.6. The minimum absolute atomic E-state index is 0.255. The molecule has 2 aromatic rings. The number of nitrogens with one attached hydrogen (secondary N) is 1. The first-order chi connectivity index (χ1) is 9.42. The zero-order chi connectivity index (χ0) is 14.9. The second-order valence-corrected chi connectivity index (χ2v) is 5.46. The third-order valence-corrected chi connectivity index (χ3v) is 4.27. The summed E-state index contributed by atoms with van der Waals surface area (Å²) < 4.78 is 2.69. The Labute approximate surface area is 126 Å². The Hall–Kier alpha value is -1.82. The maximum atomic E-state index is 12.2. The van der Waals surface area contributed by atoms with E-state index in [4.69, 9.17) is 5.73 Å². The van der Waals surface area contributed by atoms with Gasteiger partial charge >= 0.3 is 0 Å². The SMILES string of the molecule is CCn1cc(N)c(C(=O)Nc2cc(C)c(Br)c(C)c2)n1. The van der Waals surface area contributed by atoms with Gasteiger partial charge in [0.05, 0.1) is 5.69 Å². The van der Waals surface area contributed by atoms with Gasteiger partial charge in [0.15, 0.2) is 5.69 Å². The molecule has 0 spiro atoms. The molecule has 3 N–H and O–H groups in total. The summed E-state index contributed by atoms with van der Waals surface area (Å²) in [5.41, 5.74) is 9.30. The molecule has 106 valence electrons. The number of amides is 1. The smallest absolute Gasteiger partial charge is 0.278 e. The number of benzene rings is 1. The van der Waals surface area contributed by atoms with Crippen molar-refractivity contribution in [3.63, 3.8) is 0 Å². The van der Waals surface area contributed by atoms with Crippen molar-refractivity contribution in [2.75, 3.05) is 11.1 Å². The highest BCUT2D eigenvalue weighted by Gasteiger charge is 2.15. The van der Waals surface area contributed by atoms with Crippen molar-refractivity contribution in [2.24, 2.45) is 0 Å². The molecule has 1 heterocycles. The number of anilines is 2. The van der Waals surface area contributed by atoms with Crippen LogP contribution in [0.5, 0.6) is 0 Å². The van der Waals surface area contributed by atoms with E-state index in [-0.39, 0.29) is 11.6 Å². The number of rotatable bonds is 3. The molecule has 0 aliphatic carbocycles. The summed E-state index contributed by atoms with van der Waals surface area (Å²) in [5, 5.41) is 6.99.